The molecule has 2 bridgehead atoms. The second-order valence-corrected chi connectivity index (χ2v) is 10.7. The van der Waals surface area contributed by atoms with Crippen LogP contribution in [0.5, 0.6) is 0 Å². The molecule has 4 atom stereocenters. The maximum Gasteiger partial charge on any atom is 0.240 e. The average molecular weight is 421 g/mol. The van der Waals surface area contributed by atoms with E-state index < -0.39 is 0 Å². The summed E-state index contributed by atoms with van der Waals surface area (Å²) in [5.74, 6) is 0.536. The summed E-state index contributed by atoms with van der Waals surface area (Å²) in [6.45, 7) is 10.6. The molecule has 1 aliphatic heterocycles. The van der Waals surface area contributed by atoms with Gasteiger partial charge in [0.05, 0.1) is 17.5 Å². The highest BCUT2D eigenvalue weighted by Gasteiger charge is 2.64. The zero-order valence-electron chi connectivity index (χ0n) is 18.2. The van der Waals surface area contributed by atoms with Crippen molar-refractivity contribution in [1.82, 2.24) is 4.98 Å². The Bertz CT molecular complexity index is 1040. The van der Waals surface area contributed by atoms with Gasteiger partial charge in [-0.15, -0.1) is 11.3 Å². The van der Waals surface area contributed by atoms with E-state index >= 15 is 0 Å². The minimum atomic E-state index is -0.181. The van der Waals surface area contributed by atoms with Crippen molar-refractivity contribution in [3.63, 3.8) is 0 Å². The lowest BCUT2D eigenvalue weighted by Gasteiger charge is -2.18. The Kier molecular flexibility index (Phi) is 4.51. The van der Waals surface area contributed by atoms with E-state index in [0.29, 0.717) is 11.0 Å². The molecule has 5 rings (SSSR count). The van der Waals surface area contributed by atoms with Crippen LogP contribution in [0.3, 0.4) is 0 Å². The number of hydrogen-bond acceptors (Lipinski definition) is 4. The van der Waals surface area contributed by atoms with Gasteiger partial charge in [-0.2, -0.15) is 0 Å². The van der Waals surface area contributed by atoms with Crippen LogP contribution in [0.15, 0.2) is 35.4 Å². The predicted molar refractivity (Wildman–Crippen MR) is 120 cm³/mol. The summed E-state index contributed by atoms with van der Waals surface area (Å²) in [6.07, 6.45) is 2.06. The van der Waals surface area contributed by atoms with Crippen molar-refractivity contribution in [2.75, 3.05) is 4.90 Å². The second kappa shape index (κ2) is 6.88. The lowest BCUT2D eigenvalue weighted by atomic mass is 9.81. The van der Waals surface area contributed by atoms with Gasteiger partial charge in [0.25, 0.3) is 0 Å². The van der Waals surface area contributed by atoms with Gasteiger partial charge in [-0.05, 0) is 56.9 Å². The number of fused-ring (bicyclic) bond motifs is 5. The summed E-state index contributed by atoms with van der Waals surface area (Å²) in [4.78, 5) is 34.0. The number of allylic oxidation sites excluding steroid dienone is 2. The van der Waals surface area contributed by atoms with E-state index in [-0.39, 0.29) is 35.5 Å². The van der Waals surface area contributed by atoms with Crippen LogP contribution in [0.25, 0.3) is 11.3 Å². The number of thiazole rings is 1. The minimum absolute atomic E-state index is 0.0357. The molecule has 0 unspecified atom stereocenters. The fraction of sp³-hybridized carbons (Fsp3) is 0.480. The Hall–Kier alpha value is -2.27. The Balaban J connectivity index is 1.48. The first-order valence-corrected chi connectivity index (χ1v) is 11.7. The molecule has 2 heterocycles. The molecule has 156 valence electrons. The molecule has 1 saturated heterocycles. The van der Waals surface area contributed by atoms with Crippen LogP contribution in [0.1, 0.15) is 56.9 Å². The molecule has 0 radical (unpaired) electrons. The van der Waals surface area contributed by atoms with E-state index in [1.165, 1.54) is 32.9 Å². The first-order valence-electron chi connectivity index (χ1n) is 10.9. The first-order chi connectivity index (χ1) is 14.3. The molecule has 30 heavy (non-hydrogen) atoms. The number of anilines is 1. The summed E-state index contributed by atoms with van der Waals surface area (Å²) < 4.78 is 0. The molecule has 2 aliphatic carbocycles. The Morgan fingerprint density at radius 1 is 1.03 bits per heavy atom. The molecule has 2 aromatic rings. The lowest BCUT2D eigenvalue weighted by Crippen LogP contribution is -2.33. The fourth-order valence-corrected chi connectivity index (χ4v) is 6.89. The van der Waals surface area contributed by atoms with Crippen LogP contribution < -0.4 is 4.90 Å². The highest BCUT2D eigenvalue weighted by Crippen LogP contribution is 2.60. The van der Waals surface area contributed by atoms with Gasteiger partial charge >= 0.3 is 0 Å². The van der Waals surface area contributed by atoms with Crippen molar-refractivity contribution in [2.45, 2.75) is 53.4 Å². The number of nitrogens with zero attached hydrogens (tertiary/aromatic N) is 2. The normalized spacial score (nSPS) is 27.5. The smallest absolute Gasteiger partial charge is 0.240 e. The van der Waals surface area contributed by atoms with Gasteiger partial charge in [0.2, 0.25) is 11.8 Å². The number of rotatable bonds is 3. The van der Waals surface area contributed by atoms with E-state index in [9.17, 15) is 9.59 Å². The monoisotopic (exact) mass is 420 g/mol. The van der Waals surface area contributed by atoms with Crippen LogP contribution in [0.4, 0.5) is 5.13 Å². The maximum atomic E-state index is 13.4. The third-order valence-corrected chi connectivity index (χ3v) is 8.21. The number of aryl methyl sites for hydroxylation is 1. The summed E-state index contributed by atoms with van der Waals surface area (Å²) in [5, 5.41) is 0.540. The number of hydrogen-bond donors (Lipinski definition) is 0. The van der Waals surface area contributed by atoms with Crippen molar-refractivity contribution >= 4 is 28.3 Å². The predicted octanol–water partition coefficient (Wildman–Crippen LogP) is 5.72. The maximum absolute atomic E-state index is 13.4. The van der Waals surface area contributed by atoms with Gasteiger partial charge in [0.1, 0.15) is 0 Å². The second-order valence-electron chi connectivity index (χ2n) is 9.49. The molecule has 0 N–H and O–H groups in total. The topological polar surface area (TPSA) is 50.3 Å². The number of carbonyl (C=O) groups is 2. The molecule has 1 aromatic heterocycles. The van der Waals surface area contributed by atoms with Crippen LogP contribution in [0, 0.1) is 30.6 Å². The largest absolute Gasteiger partial charge is 0.274 e. The van der Waals surface area contributed by atoms with Gasteiger partial charge in [-0.1, -0.05) is 49.3 Å². The number of imide groups is 1. The van der Waals surface area contributed by atoms with Crippen molar-refractivity contribution < 1.29 is 9.59 Å². The molecule has 5 heteroatoms. The van der Waals surface area contributed by atoms with E-state index in [4.69, 9.17) is 4.98 Å². The van der Waals surface area contributed by atoms with Gasteiger partial charge in [0.15, 0.2) is 5.13 Å². The Morgan fingerprint density at radius 2 is 1.60 bits per heavy atom. The Morgan fingerprint density at radius 3 is 2.10 bits per heavy atom. The Labute approximate surface area is 182 Å². The molecule has 2 amide bonds. The molecule has 3 fully saturated rings. The zero-order chi connectivity index (χ0) is 21.3. The number of aromatic nitrogens is 1. The SMILES string of the molecule is CC(C)=C1[C@@H]2CC[C@@H]1[C@@H]1C(=O)N(c3nc(-c4ccc(C(C)C)cc4)c(C)s3)C(=O)[C@H]12. The molecule has 4 nitrogen and oxygen atoms in total. The van der Waals surface area contributed by atoms with Crippen LogP contribution in [0.2, 0.25) is 0 Å². The molecule has 1 aromatic carbocycles. The lowest BCUT2D eigenvalue weighted by molar-refractivity contribution is -0.123. The first kappa shape index (κ1) is 19.7. The molecule has 2 saturated carbocycles. The number of carbonyl (C=O) groups excluding carboxylic acids is 2. The van der Waals surface area contributed by atoms with Crippen molar-refractivity contribution in [1.29, 1.82) is 0 Å². The quantitative estimate of drug-likeness (QED) is 0.471. The van der Waals surface area contributed by atoms with Crippen LogP contribution in [-0.2, 0) is 9.59 Å². The van der Waals surface area contributed by atoms with Crippen molar-refractivity contribution in [2.24, 2.45) is 23.7 Å². The fourth-order valence-electron chi connectivity index (χ4n) is 5.95. The minimum Gasteiger partial charge on any atom is -0.274 e. The molecule has 0 spiro atoms. The van der Waals surface area contributed by atoms with E-state index in [2.05, 4.69) is 52.0 Å². The highest BCUT2D eigenvalue weighted by atomic mass is 32.1. The van der Waals surface area contributed by atoms with E-state index in [0.717, 1.165) is 29.0 Å². The zero-order valence-corrected chi connectivity index (χ0v) is 19.0. The number of amides is 2. The highest BCUT2D eigenvalue weighted by molar-refractivity contribution is 7.16. The van der Waals surface area contributed by atoms with E-state index in [1.807, 2.05) is 6.92 Å². The molecular weight excluding hydrogens is 392 g/mol. The van der Waals surface area contributed by atoms with Gasteiger partial charge in [0, 0.05) is 10.4 Å². The van der Waals surface area contributed by atoms with Crippen molar-refractivity contribution in [3.8, 4) is 11.3 Å². The van der Waals surface area contributed by atoms with Gasteiger partial charge in [-0.25, -0.2) is 9.88 Å². The van der Waals surface area contributed by atoms with E-state index in [1.54, 1.807) is 0 Å². The molecule has 3 aliphatic rings. The third-order valence-electron chi connectivity index (χ3n) is 7.26. The van der Waals surface area contributed by atoms with Crippen LogP contribution in [-0.4, -0.2) is 16.8 Å². The third kappa shape index (κ3) is 2.67. The van der Waals surface area contributed by atoms with Gasteiger partial charge in [-0.3, -0.25) is 9.59 Å². The standard InChI is InChI=1S/C25H28N2O2S/c1-12(2)15-6-8-16(9-7-15)22-14(5)30-25(26-22)27-23(28)20-17-10-11-18(19(17)13(3)4)21(20)24(27)29/h6-9,12,17-18,20-21H,10-11H2,1-5H3/t17-,18-,20-,21-/m0/s1. The average Bonchev–Trinajstić information content (AvgIpc) is 3.43. The van der Waals surface area contributed by atoms with Gasteiger partial charge < -0.3 is 0 Å². The summed E-state index contributed by atoms with van der Waals surface area (Å²) in [6, 6.07) is 8.44. The van der Waals surface area contributed by atoms with Crippen LogP contribution >= 0.6 is 11.3 Å². The van der Waals surface area contributed by atoms with Crippen molar-refractivity contribution in [3.05, 3.63) is 45.9 Å². The summed E-state index contributed by atoms with van der Waals surface area (Å²) in [5.41, 5.74) is 5.87. The summed E-state index contributed by atoms with van der Waals surface area (Å²) in [7, 11) is 0. The number of benzene rings is 1. The molecular formula is C25H28N2O2S. The summed E-state index contributed by atoms with van der Waals surface area (Å²) >= 11 is 1.45.